The van der Waals surface area contributed by atoms with Gasteiger partial charge in [0.1, 0.15) is 11.2 Å². The lowest BCUT2D eigenvalue weighted by Gasteiger charge is -2.26. The zero-order valence-corrected chi connectivity index (χ0v) is 23.1. The maximum Gasteiger partial charge on any atom is 0.137 e. The van der Waals surface area contributed by atoms with E-state index in [1.54, 1.807) is 0 Å². The van der Waals surface area contributed by atoms with Gasteiger partial charge in [-0.05, 0) is 81.9 Å². The molecular weight excluding hydrogens is 498 g/mol. The standard InChI is InChI=1S/C39H29NO/c1-39(2)35-19-10-9-18-31(35)33-25-38-34(24-36(33)39)32-21-20-30(23-37(32)41-38)40(28-15-7-4-8-16-28)29-17-11-14-27(22-29)26-12-5-3-6-13-26/h3-25H,1-2H3. The zero-order chi connectivity index (χ0) is 27.6. The number of fused-ring (bicyclic) bond motifs is 6. The SMILES string of the molecule is CC1(C)c2ccccc2-c2cc3oc4cc(N(c5ccccc5)c5cccc(-c6ccccc6)c5)ccc4c3cc21. The molecule has 0 atom stereocenters. The van der Waals surface area contributed by atoms with Gasteiger partial charge in [-0.2, -0.15) is 0 Å². The van der Waals surface area contributed by atoms with Gasteiger partial charge in [-0.3, -0.25) is 0 Å². The van der Waals surface area contributed by atoms with Crippen LogP contribution in [0.5, 0.6) is 0 Å². The summed E-state index contributed by atoms with van der Waals surface area (Å²) < 4.78 is 6.59. The molecule has 0 spiro atoms. The largest absolute Gasteiger partial charge is 0.456 e. The summed E-state index contributed by atoms with van der Waals surface area (Å²) in [5, 5.41) is 2.31. The molecule has 1 aromatic heterocycles. The van der Waals surface area contributed by atoms with Crippen LogP contribution >= 0.6 is 0 Å². The zero-order valence-electron chi connectivity index (χ0n) is 23.1. The summed E-state index contributed by atoms with van der Waals surface area (Å²) in [7, 11) is 0. The Labute approximate surface area is 240 Å². The highest BCUT2D eigenvalue weighted by Crippen LogP contribution is 2.51. The summed E-state index contributed by atoms with van der Waals surface area (Å²) in [4.78, 5) is 2.30. The molecule has 1 aliphatic carbocycles. The van der Waals surface area contributed by atoms with E-state index < -0.39 is 0 Å². The quantitative estimate of drug-likeness (QED) is 0.226. The van der Waals surface area contributed by atoms with Crippen LogP contribution in [0.3, 0.4) is 0 Å². The van der Waals surface area contributed by atoms with Crippen LogP contribution in [0.25, 0.3) is 44.2 Å². The maximum atomic E-state index is 6.59. The topological polar surface area (TPSA) is 16.4 Å². The third kappa shape index (κ3) is 3.72. The Bertz CT molecular complexity index is 2070. The molecule has 2 nitrogen and oxygen atoms in total. The van der Waals surface area contributed by atoms with Gasteiger partial charge in [0.25, 0.3) is 0 Å². The Hall–Kier alpha value is -5.08. The third-order valence-corrected chi connectivity index (χ3v) is 8.64. The number of benzene rings is 6. The average molecular weight is 528 g/mol. The van der Waals surface area contributed by atoms with Crippen LogP contribution in [0.15, 0.2) is 144 Å². The molecule has 7 aromatic rings. The second kappa shape index (κ2) is 8.97. The lowest BCUT2D eigenvalue weighted by molar-refractivity contribution is 0.658. The van der Waals surface area contributed by atoms with Crippen molar-refractivity contribution in [3.63, 3.8) is 0 Å². The summed E-state index contributed by atoms with van der Waals surface area (Å²) in [6, 6.07) is 49.8. The third-order valence-electron chi connectivity index (χ3n) is 8.64. The van der Waals surface area contributed by atoms with Crippen molar-refractivity contribution in [1.29, 1.82) is 0 Å². The Morgan fingerprint density at radius 2 is 1.12 bits per heavy atom. The summed E-state index contributed by atoms with van der Waals surface area (Å²) >= 11 is 0. The van der Waals surface area contributed by atoms with Crippen molar-refractivity contribution in [2.75, 3.05) is 4.90 Å². The lowest BCUT2D eigenvalue weighted by atomic mass is 9.82. The van der Waals surface area contributed by atoms with E-state index in [0.29, 0.717) is 0 Å². The van der Waals surface area contributed by atoms with Gasteiger partial charge in [0.05, 0.1) is 0 Å². The minimum absolute atomic E-state index is 0.0441. The molecule has 0 fully saturated rings. The van der Waals surface area contributed by atoms with Gasteiger partial charge >= 0.3 is 0 Å². The first kappa shape index (κ1) is 23.8. The van der Waals surface area contributed by atoms with E-state index in [1.807, 2.05) is 0 Å². The number of para-hydroxylation sites is 1. The van der Waals surface area contributed by atoms with Crippen LogP contribution in [0.4, 0.5) is 17.1 Å². The van der Waals surface area contributed by atoms with E-state index >= 15 is 0 Å². The molecule has 0 radical (unpaired) electrons. The molecule has 196 valence electrons. The van der Waals surface area contributed by atoms with Crippen molar-refractivity contribution < 1.29 is 4.42 Å². The van der Waals surface area contributed by atoms with E-state index in [9.17, 15) is 0 Å². The van der Waals surface area contributed by atoms with E-state index in [-0.39, 0.29) is 5.41 Å². The van der Waals surface area contributed by atoms with Crippen LogP contribution in [0.2, 0.25) is 0 Å². The minimum Gasteiger partial charge on any atom is -0.456 e. The summed E-state index contributed by atoms with van der Waals surface area (Å²) in [6.07, 6.45) is 0. The molecule has 0 unspecified atom stereocenters. The molecule has 0 aliphatic heterocycles. The van der Waals surface area contributed by atoms with Crippen LogP contribution in [0.1, 0.15) is 25.0 Å². The highest BCUT2D eigenvalue weighted by molar-refractivity contribution is 6.08. The Morgan fingerprint density at radius 1 is 0.463 bits per heavy atom. The van der Waals surface area contributed by atoms with Crippen molar-refractivity contribution in [2.45, 2.75) is 19.3 Å². The van der Waals surface area contributed by atoms with Crippen molar-refractivity contribution in [2.24, 2.45) is 0 Å². The first-order valence-electron chi connectivity index (χ1n) is 14.2. The number of rotatable bonds is 4. The first-order valence-corrected chi connectivity index (χ1v) is 14.2. The predicted molar refractivity (Wildman–Crippen MR) is 171 cm³/mol. The molecule has 1 heterocycles. The van der Waals surface area contributed by atoms with Gasteiger partial charge in [0, 0.05) is 39.3 Å². The second-order valence-electron chi connectivity index (χ2n) is 11.4. The first-order chi connectivity index (χ1) is 20.1. The van der Waals surface area contributed by atoms with Crippen molar-refractivity contribution in [3.05, 3.63) is 151 Å². The number of anilines is 3. The Kier molecular flexibility index (Phi) is 5.20. The molecule has 0 N–H and O–H groups in total. The molecule has 0 saturated carbocycles. The summed E-state index contributed by atoms with van der Waals surface area (Å²) in [5.41, 5.74) is 12.8. The fourth-order valence-electron chi connectivity index (χ4n) is 6.58. The summed E-state index contributed by atoms with van der Waals surface area (Å²) in [5.74, 6) is 0. The molecular formula is C39H29NO. The Balaban J connectivity index is 1.29. The fraction of sp³-hybridized carbons (Fsp3) is 0.0769. The maximum absolute atomic E-state index is 6.59. The molecule has 0 saturated heterocycles. The Morgan fingerprint density at radius 3 is 1.95 bits per heavy atom. The molecule has 0 amide bonds. The van der Waals surface area contributed by atoms with Crippen molar-refractivity contribution in [1.82, 2.24) is 0 Å². The van der Waals surface area contributed by atoms with Gasteiger partial charge in [-0.15, -0.1) is 0 Å². The van der Waals surface area contributed by atoms with E-state index in [4.69, 9.17) is 4.42 Å². The molecule has 1 aliphatic rings. The van der Waals surface area contributed by atoms with Gasteiger partial charge in [0.15, 0.2) is 0 Å². The van der Waals surface area contributed by atoms with Gasteiger partial charge in [-0.25, -0.2) is 0 Å². The predicted octanol–water partition coefficient (Wildman–Crippen LogP) is 11.0. The van der Waals surface area contributed by atoms with Crippen LogP contribution in [-0.2, 0) is 5.41 Å². The number of hydrogen-bond donors (Lipinski definition) is 0. The molecule has 6 aromatic carbocycles. The highest BCUT2D eigenvalue weighted by atomic mass is 16.3. The monoisotopic (exact) mass is 527 g/mol. The number of furan rings is 1. The highest BCUT2D eigenvalue weighted by Gasteiger charge is 2.36. The lowest BCUT2D eigenvalue weighted by Crippen LogP contribution is -2.14. The molecule has 41 heavy (non-hydrogen) atoms. The smallest absolute Gasteiger partial charge is 0.137 e. The van der Waals surface area contributed by atoms with Crippen LogP contribution in [0, 0.1) is 0 Å². The van der Waals surface area contributed by atoms with Crippen molar-refractivity contribution in [3.8, 4) is 22.3 Å². The van der Waals surface area contributed by atoms with Gasteiger partial charge < -0.3 is 9.32 Å². The normalized spacial score (nSPS) is 13.3. The van der Waals surface area contributed by atoms with E-state index in [2.05, 4.69) is 158 Å². The van der Waals surface area contributed by atoms with Crippen molar-refractivity contribution >= 4 is 39.0 Å². The second-order valence-corrected chi connectivity index (χ2v) is 11.4. The fourth-order valence-corrected chi connectivity index (χ4v) is 6.58. The average Bonchev–Trinajstić information content (AvgIpc) is 3.48. The van der Waals surface area contributed by atoms with Gasteiger partial charge in [0.2, 0.25) is 0 Å². The van der Waals surface area contributed by atoms with Crippen LogP contribution < -0.4 is 4.90 Å². The number of nitrogens with zero attached hydrogens (tertiary/aromatic N) is 1. The van der Waals surface area contributed by atoms with Crippen LogP contribution in [-0.4, -0.2) is 0 Å². The molecule has 8 rings (SSSR count). The molecule has 0 bridgehead atoms. The summed E-state index contributed by atoms with van der Waals surface area (Å²) in [6.45, 7) is 4.65. The molecule has 2 heteroatoms. The number of hydrogen-bond acceptors (Lipinski definition) is 2. The van der Waals surface area contributed by atoms with Gasteiger partial charge in [-0.1, -0.05) is 98.8 Å². The van der Waals surface area contributed by atoms with E-state index in [0.717, 1.165) is 33.6 Å². The minimum atomic E-state index is -0.0441. The van der Waals surface area contributed by atoms with E-state index in [1.165, 1.54) is 38.8 Å².